The molecule has 106 valence electrons. The van der Waals surface area contributed by atoms with Crippen LogP contribution in [0, 0.1) is 17.0 Å². The molecule has 0 saturated heterocycles. The third-order valence-corrected chi connectivity index (χ3v) is 3.44. The van der Waals surface area contributed by atoms with Crippen LogP contribution in [-0.2, 0) is 0 Å². The van der Waals surface area contributed by atoms with Gasteiger partial charge in [0.15, 0.2) is 0 Å². The van der Waals surface area contributed by atoms with Gasteiger partial charge in [0, 0.05) is 4.47 Å². The highest BCUT2D eigenvalue weighted by Gasteiger charge is 2.33. The van der Waals surface area contributed by atoms with Crippen LogP contribution in [0.15, 0.2) is 22.7 Å². The van der Waals surface area contributed by atoms with Gasteiger partial charge in [0.05, 0.1) is 10.6 Å². The van der Waals surface area contributed by atoms with Crippen LogP contribution in [0.1, 0.15) is 17.7 Å². The van der Waals surface area contributed by atoms with Crippen molar-refractivity contribution in [3.8, 4) is 5.69 Å². The summed E-state index contributed by atoms with van der Waals surface area (Å²) in [6, 6.07) is 4.96. The second kappa shape index (κ2) is 5.45. The fourth-order valence-corrected chi connectivity index (χ4v) is 2.51. The first-order chi connectivity index (χ1) is 9.32. The van der Waals surface area contributed by atoms with Gasteiger partial charge in [-0.15, -0.1) is 0 Å². The Kier molecular flexibility index (Phi) is 4.05. The number of rotatable bonds is 3. The molecule has 0 spiro atoms. The Morgan fingerprint density at radius 3 is 2.60 bits per heavy atom. The van der Waals surface area contributed by atoms with Crippen LogP contribution in [-0.4, -0.2) is 14.7 Å². The van der Waals surface area contributed by atoms with E-state index < -0.39 is 27.9 Å². The first-order valence-electron chi connectivity index (χ1n) is 5.30. The Balaban J connectivity index is 2.69. The number of hydrogen-bond donors (Lipinski definition) is 0. The molecule has 0 amide bonds. The molecule has 0 radical (unpaired) electrons. The molecule has 0 aliphatic carbocycles. The molecular weight excluding hydrogens is 359 g/mol. The zero-order chi connectivity index (χ0) is 15.0. The Labute approximate surface area is 125 Å². The van der Waals surface area contributed by atoms with Gasteiger partial charge in [-0.1, -0.05) is 27.5 Å². The van der Waals surface area contributed by atoms with E-state index in [1.54, 1.807) is 25.1 Å². The molecule has 5 nitrogen and oxygen atoms in total. The Bertz CT molecular complexity index is 691. The molecule has 2 rings (SSSR count). The molecule has 0 unspecified atom stereocenters. The highest BCUT2D eigenvalue weighted by molar-refractivity contribution is 9.10. The van der Waals surface area contributed by atoms with E-state index in [0.717, 1.165) is 9.15 Å². The fraction of sp³-hybridized carbons (Fsp3) is 0.182. The lowest BCUT2D eigenvalue weighted by molar-refractivity contribution is -0.386. The lowest BCUT2D eigenvalue weighted by Crippen LogP contribution is -2.00. The molecule has 0 atom stereocenters. The quantitative estimate of drug-likeness (QED) is 0.596. The number of alkyl halides is 2. The first-order valence-corrected chi connectivity index (χ1v) is 6.47. The van der Waals surface area contributed by atoms with Crippen LogP contribution in [0.4, 0.5) is 14.5 Å². The van der Waals surface area contributed by atoms with E-state index in [1.807, 2.05) is 0 Å². The van der Waals surface area contributed by atoms with Crippen molar-refractivity contribution in [1.29, 1.82) is 0 Å². The van der Waals surface area contributed by atoms with Crippen molar-refractivity contribution in [2.75, 3.05) is 0 Å². The van der Waals surface area contributed by atoms with Crippen molar-refractivity contribution in [2.24, 2.45) is 0 Å². The highest BCUT2D eigenvalue weighted by atomic mass is 79.9. The van der Waals surface area contributed by atoms with Crippen molar-refractivity contribution < 1.29 is 13.7 Å². The predicted octanol–water partition coefficient (Wildman–Crippen LogP) is 4.44. The van der Waals surface area contributed by atoms with Crippen LogP contribution in [0.25, 0.3) is 5.69 Å². The number of halogens is 4. The summed E-state index contributed by atoms with van der Waals surface area (Å²) < 4.78 is 27.4. The summed E-state index contributed by atoms with van der Waals surface area (Å²) in [5.41, 5.74) is -0.737. The van der Waals surface area contributed by atoms with Gasteiger partial charge in [-0.05, 0) is 30.7 Å². The summed E-state index contributed by atoms with van der Waals surface area (Å²) in [5, 5.41) is 14.0. The molecule has 0 saturated carbocycles. The zero-order valence-corrected chi connectivity index (χ0v) is 12.3. The zero-order valence-electron chi connectivity index (χ0n) is 9.98. The number of aryl methyl sites for hydroxylation is 1. The molecule has 9 heteroatoms. The number of hydrogen-bond acceptors (Lipinski definition) is 3. The predicted molar refractivity (Wildman–Crippen MR) is 72.6 cm³/mol. The maximum Gasteiger partial charge on any atom is 0.335 e. The fourth-order valence-electron chi connectivity index (χ4n) is 1.74. The minimum Gasteiger partial charge on any atom is -0.258 e. The van der Waals surface area contributed by atoms with E-state index in [0.29, 0.717) is 11.3 Å². The molecule has 0 aliphatic heterocycles. The molecule has 0 fully saturated rings. The van der Waals surface area contributed by atoms with Crippen LogP contribution in [0.5, 0.6) is 0 Å². The maximum atomic E-state index is 12.8. The average molecular weight is 367 g/mol. The van der Waals surface area contributed by atoms with Gasteiger partial charge in [-0.2, -0.15) is 5.10 Å². The topological polar surface area (TPSA) is 61.0 Å². The van der Waals surface area contributed by atoms with Crippen molar-refractivity contribution in [2.45, 2.75) is 13.3 Å². The lowest BCUT2D eigenvalue weighted by atomic mass is 10.2. The van der Waals surface area contributed by atoms with Crippen LogP contribution in [0.2, 0.25) is 5.15 Å². The normalized spacial score (nSPS) is 11.1. The molecule has 2 aromatic rings. The van der Waals surface area contributed by atoms with Gasteiger partial charge in [-0.25, -0.2) is 13.5 Å². The summed E-state index contributed by atoms with van der Waals surface area (Å²) in [5.74, 6) is 0. The number of aromatic nitrogens is 2. The summed E-state index contributed by atoms with van der Waals surface area (Å²) in [6.07, 6.45) is -3.08. The molecule has 1 heterocycles. The van der Waals surface area contributed by atoms with Crippen molar-refractivity contribution in [3.05, 3.63) is 49.2 Å². The van der Waals surface area contributed by atoms with Gasteiger partial charge in [0.1, 0.15) is 0 Å². The van der Waals surface area contributed by atoms with Crippen LogP contribution in [0.3, 0.4) is 0 Å². The SMILES string of the molecule is Cc1cc(Br)ccc1-n1nc(C(F)F)c([N+](=O)[O-])c1Cl. The largest absolute Gasteiger partial charge is 0.335 e. The van der Waals surface area contributed by atoms with Gasteiger partial charge < -0.3 is 0 Å². The average Bonchev–Trinajstić information content (AvgIpc) is 2.67. The minimum absolute atomic E-state index is 0.396. The first kappa shape index (κ1) is 14.9. The van der Waals surface area contributed by atoms with Gasteiger partial charge in [0.25, 0.3) is 6.43 Å². The summed E-state index contributed by atoms with van der Waals surface area (Å²) >= 11 is 9.09. The number of nitrogens with zero attached hydrogens (tertiary/aromatic N) is 3. The molecular formula is C11H7BrClF2N3O2. The number of nitro groups is 1. The third kappa shape index (κ3) is 2.53. The van der Waals surface area contributed by atoms with E-state index >= 15 is 0 Å². The Hall–Kier alpha value is -1.54. The monoisotopic (exact) mass is 365 g/mol. The minimum atomic E-state index is -3.08. The molecule has 1 aromatic heterocycles. The van der Waals surface area contributed by atoms with Crippen molar-refractivity contribution in [3.63, 3.8) is 0 Å². The van der Waals surface area contributed by atoms with Crippen molar-refractivity contribution >= 4 is 33.2 Å². The van der Waals surface area contributed by atoms with E-state index in [-0.39, 0.29) is 0 Å². The van der Waals surface area contributed by atoms with E-state index in [2.05, 4.69) is 21.0 Å². The number of benzene rings is 1. The van der Waals surface area contributed by atoms with Gasteiger partial charge >= 0.3 is 5.69 Å². The lowest BCUT2D eigenvalue weighted by Gasteiger charge is -2.06. The van der Waals surface area contributed by atoms with Gasteiger partial charge in [0.2, 0.25) is 10.8 Å². The Morgan fingerprint density at radius 1 is 1.50 bits per heavy atom. The standard InChI is InChI=1S/C11H7BrClF2N3O2/c1-5-4-6(12)2-3-7(5)17-10(13)9(18(19)20)8(16-17)11(14)15/h2-4,11H,1H3. The summed E-state index contributed by atoms with van der Waals surface area (Å²) in [6.45, 7) is 1.71. The second-order valence-corrected chi connectivity index (χ2v) is 5.20. The Morgan fingerprint density at radius 2 is 2.15 bits per heavy atom. The molecule has 1 aromatic carbocycles. The highest BCUT2D eigenvalue weighted by Crippen LogP contribution is 2.36. The molecule has 0 bridgehead atoms. The van der Waals surface area contributed by atoms with E-state index in [1.165, 1.54) is 0 Å². The smallest absolute Gasteiger partial charge is 0.258 e. The van der Waals surface area contributed by atoms with Crippen LogP contribution >= 0.6 is 27.5 Å². The van der Waals surface area contributed by atoms with Crippen molar-refractivity contribution in [1.82, 2.24) is 9.78 Å². The summed E-state index contributed by atoms with van der Waals surface area (Å²) in [7, 11) is 0. The third-order valence-electron chi connectivity index (χ3n) is 2.61. The van der Waals surface area contributed by atoms with E-state index in [9.17, 15) is 18.9 Å². The van der Waals surface area contributed by atoms with Crippen LogP contribution < -0.4 is 0 Å². The molecule has 20 heavy (non-hydrogen) atoms. The maximum absolute atomic E-state index is 12.8. The van der Waals surface area contributed by atoms with E-state index in [4.69, 9.17) is 11.6 Å². The molecule has 0 aliphatic rings. The molecule has 0 N–H and O–H groups in total. The summed E-state index contributed by atoms with van der Waals surface area (Å²) in [4.78, 5) is 9.90. The van der Waals surface area contributed by atoms with Gasteiger partial charge in [-0.3, -0.25) is 10.1 Å². The second-order valence-electron chi connectivity index (χ2n) is 3.93.